The summed E-state index contributed by atoms with van der Waals surface area (Å²) in [6.07, 6.45) is 1.96. The maximum Gasteiger partial charge on any atom is 0.335 e. The molecule has 0 aliphatic heterocycles. The molecule has 1 aromatic heterocycles. The summed E-state index contributed by atoms with van der Waals surface area (Å²) in [4.78, 5) is 17.8. The summed E-state index contributed by atoms with van der Waals surface area (Å²) >= 11 is 0. The van der Waals surface area contributed by atoms with Gasteiger partial charge in [-0.15, -0.1) is 0 Å². The first-order chi connectivity index (χ1) is 14.2. The van der Waals surface area contributed by atoms with Gasteiger partial charge in [0.05, 0.1) is 12.8 Å². The molecule has 0 radical (unpaired) electrons. The predicted molar refractivity (Wildman–Crippen MR) is 116 cm³/mol. The van der Waals surface area contributed by atoms with Gasteiger partial charge >= 0.3 is 5.97 Å². The van der Waals surface area contributed by atoms with Crippen LogP contribution in [0.1, 0.15) is 22.7 Å². The molecule has 4 aromatic rings. The van der Waals surface area contributed by atoms with E-state index in [-0.39, 0.29) is 5.97 Å². The first kappa shape index (κ1) is 18.7. The molecule has 0 aliphatic carbocycles. The van der Waals surface area contributed by atoms with Crippen LogP contribution in [-0.4, -0.2) is 23.4 Å². The lowest BCUT2D eigenvalue weighted by atomic mass is 10.0. The fraction of sp³-hybridized carbons (Fsp3) is 0.120. The van der Waals surface area contributed by atoms with Crippen molar-refractivity contribution >= 4 is 22.6 Å². The molecule has 0 spiro atoms. The highest BCUT2D eigenvalue weighted by Crippen LogP contribution is 2.30. The lowest BCUT2D eigenvalue weighted by Crippen LogP contribution is -2.16. The largest absolute Gasteiger partial charge is 0.467 e. The zero-order valence-corrected chi connectivity index (χ0v) is 16.4. The number of ether oxygens (including phenoxy) is 1. The van der Waals surface area contributed by atoms with E-state index in [1.807, 2.05) is 103 Å². The van der Waals surface area contributed by atoms with Gasteiger partial charge in [0.1, 0.15) is 0 Å². The molecule has 0 amide bonds. The summed E-state index contributed by atoms with van der Waals surface area (Å²) in [7, 11) is 3.37. The Morgan fingerprint density at radius 2 is 1.41 bits per heavy atom. The standard InChI is InChI=1S/C25H22N2O2/c1-27-17-21(20-15-9-10-16-22(20)27)24(25(28)29-2)26-23(18-11-5-3-6-12-18)19-13-7-4-8-14-19/h3-17,24H,1-2H3. The van der Waals surface area contributed by atoms with Crippen molar-refractivity contribution in [3.8, 4) is 0 Å². The maximum absolute atomic E-state index is 12.8. The van der Waals surface area contributed by atoms with Gasteiger partial charge in [0.25, 0.3) is 0 Å². The molecule has 1 atom stereocenters. The zero-order valence-electron chi connectivity index (χ0n) is 16.4. The Balaban J connectivity index is 1.94. The monoisotopic (exact) mass is 382 g/mol. The number of carbonyl (C=O) groups excluding carboxylic acids is 1. The predicted octanol–water partition coefficient (Wildman–Crippen LogP) is 4.93. The second kappa shape index (κ2) is 8.15. The number of nitrogens with zero attached hydrogens (tertiary/aromatic N) is 2. The third kappa shape index (κ3) is 3.69. The minimum Gasteiger partial charge on any atom is -0.467 e. The number of rotatable bonds is 5. The van der Waals surface area contributed by atoms with Crippen LogP contribution in [0.25, 0.3) is 10.9 Å². The van der Waals surface area contributed by atoms with E-state index in [2.05, 4.69) is 0 Å². The summed E-state index contributed by atoms with van der Waals surface area (Å²) in [5, 5.41) is 0.995. The topological polar surface area (TPSA) is 43.6 Å². The molecule has 4 rings (SSSR count). The minimum absolute atomic E-state index is 0.384. The van der Waals surface area contributed by atoms with E-state index in [1.54, 1.807) is 0 Å². The van der Waals surface area contributed by atoms with Crippen molar-refractivity contribution in [1.29, 1.82) is 0 Å². The van der Waals surface area contributed by atoms with Crippen molar-refractivity contribution in [3.05, 3.63) is 108 Å². The highest BCUT2D eigenvalue weighted by atomic mass is 16.5. The second-order valence-electron chi connectivity index (χ2n) is 6.85. The van der Waals surface area contributed by atoms with Crippen molar-refractivity contribution in [2.24, 2.45) is 12.0 Å². The molecular formula is C25H22N2O2. The average Bonchev–Trinajstić information content (AvgIpc) is 3.12. The molecule has 0 fully saturated rings. The smallest absolute Gasteiger partial charge is 0.335 e. The Morgan fingerprint density at radius 3 is 2.00 bits per heavy atom. The van der Waals surface area contributed by atoms with Gasteiger partial charge in [-0.1, -0.05) is 78.9 Å². The number of para-hydroxylation sites is 1. The molecule has 1 heterocycles. The lowest BCUT2D eigenvalue weighted by Gasteiger charge is -2.14. The van der Waals surface area contributed by atoms with Crippen LogP contribution in [0.2, 0.25) is 0 Å². The van der Waals surface area contributed by atoms with Crippen LogP contribution >= 0.6 is 0 Å². The van der Waals surface area contributed by atoms with Gasteiger partial charge in [-0.25, -0.2) is 4.79 Å². The van der Waals surface area contributed by atoms with E-state index < -0.39 is 6.04 Å². The summed E-state index contributed by atoms with van der Waals surface area (Å²) in [6.45, 7) is 0. The van der Waals surface area contributed by atoms with Gasteiger partial charge in [0.2, 0.25) is 0 Å². The van der Waals surface area contributed by atoms with Crippen LogP contribution in [0.5, 0.6) is 0 Å². The number of hydrogen-bond donors (Lipinski definition) is 0. The Kier molecular flexibility index (Phi) is 5.25. The minimum atomic E-state index is -0.762. The third-order valence-electron chi connectivity index (χ3n) is 5.00. The first-order valence-electron chi connectivity index (χ1n) is 9.49. The lowest BCUT2D eigenvalue weighted by molar-refractivity contribution is -0.142. The third-order valence-corrected chi connectivity index (χ3v) is 5.00. The number of fused-ring (bicyclic) bond motifs is 1. The van der Waals surface area contributed by atoms with Crippen molar-refractivity contribution < 1.29 is 9.53 Å². The maximum atomic E-state index is 12.8. The number of carbonyl (C=O) groups is 1. The van der Waals surface area contributed by atoms with Crippen molar-refractivity contribution in [3.63, 3.8) is 0 Å². The summed E-state index contributed by atoms with van der Waals surface area (Å²) < 4.78 is 7.16. The number of aryl methyl sites for hydroxylation is 1. The van der Waals surface area contributed by atoms with Crippen LogP contribution in [0.4, 0.5) is 0 Å². The van der Waals surface area contributed by atoms with E-state index in [4.69, 9.17) is 9.73 Å². The normalized spacial score (nSPS) is 11.8. The first-order valence-corrected chi connectivity index (χ1v) is 9.49. The van der Waals surface area contributed by atoms with Gasteiger partial charge in [0.15, 0.2) is 6.04 Å². The van der Waals surface area contributed by atoms with E-state index in [1.165, 1.54) is 7.11 Å². The molecule has 29 heavy (non-hydrogen) atoms. The zero-order chi connectivity index (χ0) is 20.2. The summed E-state index contributed by atoms with van der Waals surface area (Å²) in [6, 6.07) is 27.1. The van der Waals surface area contributed by atoms with Crippen molar-refractivity contribution in [1.82, 2.24) is 4.57 Å². The van der Waals surface area contributed by atoms with Gasteiger partial charge in [-0.3, -0.25) is 4.99 Å². The molecular weight excluding hydrogens is 360 g/mol. The second-order valence-corrected chi connectivity index (χ2v) is 6.85. The summed E-state index contributed by atoms with van der Waals surface area (Å²) in [5.41, 5.74) is 4.54. The molecule has 0 aliphatic rings. The van der Waals surface area contributed by atoms with Gasteiger partial charge in [0, 0.05) is 40.8 Å². The van der Waals surface area contributed by atoms with Gasteiger partial charge in [-0.05, 0) is 6.07 Å². The SMILES string of the molecule is COC(=O)C(N=C(c1ccccc1)c1ccccc1)c1cn(C)c2ccccc12. The Labute approximate surface area is 170 Å². The fourth-order valence-corrected chi connectivity index (χ4v) is 3.59. The molecule has 0 saturated heterocycles. The van der Waals surface area contributed by atoms with E-state index >= 15 is 0 Å². The van der Waals surface area contributed by atoms with Crippen LogP contribution in [0.15, 0.2) is 96.1 Å². The highest BCUT2D eigenvalue weighted by Gasteiger charge is 2.26. The number of hydrogen-bond acceptors (Lipinski definition) is 3. The van der Waals surface area contributed by atoms with Crippen molar-refractivity contribution in [2.75, 3.05) is 7.11 Å². The van der Waals surface area contributed by atoms with Crippen LogP contribution in [-0.2, 0) is 16.6 Å². The number of benzene rings is 3. The average molecular weight is 382 g/mol. The van der Waals surface area contributed by atoms with Crippen molar-refractivity contribution in [2.45, 2.75) is 6.04 Å². The molecule has 0 bridgehead atoms. The number of aliphatic imine (C=N–C) groups is 1. The molecule has 0 N–H and O–H groups in total. The van der Waals surface area contributed by atoms with E-state index in [0.29, 0.717) is 0 Å². The molecule has 4 nitrogen and oxygen atoms in total. The van der Waals surface area contributed by atoms with Crippen LogP contribution in [0.3, 0.4) is 0 Å². The summed E-state index contributed by atoms with van der Waals surface area (Å²) in [5.74, 6) is -0.384. The number of methoxy groups -OCH3 is 1. The Bertz CT molecular complexity index is 1120. The Morgan fingerprint density at radius 1 is 0.862 bits per heavy atom. The van der Waals surface area contributed by atoms with Gasteiger partial charge < -0.3 is 9.30 Å². The number of esters is 1. The fourth-order valence-electron chi connectivity index (χ4n) is 3.59. The van der Waals surface area contributed by atoms with Crippen LogP contribution < -0.4 is 0 Å². The molecule has 4 heteroatoms. The molecule has 1 unspecified atom stereocenters. The molecule has 3 aromatic carbocycles. The quantitative estimate of drug-likeness (QED) is 0.363. The van der Waals surface area contributed by atoms with E-state index in [9.17, 15) is 4.79 Å². The van der Waals surface area contributed by atoms with Gasteiger partial charge in [-0.2, -0.15) is 0 Å². The van der Waals surface area contributed by atoms with E-state index in [0.717, 1.165) is 33.3 Å². The Hall–Kier alpha value is -3.66. The molecule has 144 valence electrons. The molecule has 0 saturated carbocycles. The number of aromatic nitrogens is 1. The van der Waals surface area contributed by atoms with Crippen LogP contribution in [0, 0.1) is 0 Å². The highest BCUT2D eigenvalue weighted by molar-refractivity contribution is 6.13.